The van der Waals surface area contributed by atoms with Crippen LogP contribution in [0.15, 0.2) is 24.3 Å². The Morgan fingerprint density at radius 2 is 1.68 bits per heavy atom. The summed E-state index contributed by atoms with van der Waals surface area (Å²) in [5, 5.41) is 0. The highest BCUT2D eigenvalue weighted by atomic mass is 19.4. The summed E-state index contributed by atoms with van der Waals surface area (Å²) in [4.78, 5) is 11.7. The van der Waals surface area contributed by atoms with E-state index in [4.69, 9.17) is 0 Å². The molecule has 2 nitrogen and oxygen atoms in total. The molecule has 0 aromatic heterocycles. The Labute approximate surface area is 110 Å². The SMILES string of the molecule is CC(C)c1ccc(C(=O)COC(C)C(F)(F)F)cc1. The van der Waals surface area contributed by atoms with Gasteiger partial charge in [-0.3, -0.25) is 4.79 Å². The van der Waals surface area contributed by atoms with Crippen molar-refractivity contribution in [3.8, 4) is 0 Å². The first-order valence-electron chi connectivity index (χ1n) is 6.03. The summed E-state index contributed by atoms with van der Waals surface area (Å²) in [6.07, 6.45) is -6.38. The summed E-state index contributed by atoms with van der Waals surface area (Å²) < 4.78 is 41.1. The highest BCUT2D eigenvalue weighted by molar-refractivity contribution is 5.97. The minimum absolute atomic E-state index is 0.339. The number of benzene rings is 1. The Morgan fingerprint density at radius 1 is 1.16 bits per heavy atom. The van der Waals surface area contributed by atoms with Crippen molar-refractivity contribution in [1.29, 1.82) is 0 Å². The van der Waals surface area contributed by atoms with Gasteiger partial charge in [-0.25, -0.2) is 0 Å². The minimum Gasteiger partial charge on any atom is -0.361 e. The molecule has 1 unspecified atom stereocenters. The molecule has 0 aliphatic heterocycles. The molecule has 0 heterocycles. The molecule has 0 radical (unpaired) electrons. The number of hydrogen-bond donors (Lipinski definition) is 0. The molecule has 1 aromatic carbocycles. The van der Waals surface area contributed by atoms with Gasteiger partial charge in [0.25, 0.3) is 0 Å². The first-order chi connectivity index (χ1) is 8.71. The second kappa shape index (κ2) is 6.19. The number of rotatable bonds is 5. The Kier molecular flexibility index (Phi) is 5.11. The third-order valence-corrected chi connectivity index (χ3v) is 2.82. The van der Waals surface area contributed by atoms with Crippen LogP contribution < -0.4 is 0 Å². The second-order valence-corrected chi connectivity index (χ2v) is 4.69. The Balaban J connectivity index is 2.59. The number of ketones is 1. The van der Waals surface area contributed by atoms with E-state index in [1.165, 1.54) is 0 Å². The maximum Gasteiger partial charge on any atom is 0.414 e. The maximum atomic E-state index is 12.2. The van der Waals surface area contributed by atoms with Crippen LogP contribution in [0.3, 0.4) is 0 Å². The predicted octanol–water partition coefficient (Wildman–Crippen LogP) is 3.96. The van der Waals surface area contributed by atoms with Crippen molar-refractivity contribution in [3.05, 3.63) is 35.4 Å². The molecular weight excluding hydrogens is 257 g/mol. The number of ether oxygens (including phenoxy) is 1. The standard InChI is InChI=1S/C14H17F3O2/c1-9(2)11-4-6-12(7-5-11)13(18)8-19-10(3)14(15,16)17/h4-7,9-10H,8H2,1-3H3. The molecule has 0 amide bonds. The van der Waals surface area contributed by atoms with Crippen LogP contribution in [0.4, 0.5) is 13.2 Å². The van der Waals surface area contributed by atoms with Crippen molar-refractivity contribution in [2.75, 3.05) is 6.61 Å². The Bertz CT molecular complexity index is 421. The molecule has 0 spiro atoms. The van der Waals surface area contributed by atoms with Gasteiger partial charge in [0, 0.05) is 5.56 Å². The van der Waals surface area contributed by atoms with Crippen LogP contribution in [-0.4, -0.2) is 24.7 Å². The number of hydrogen-bond acceptors (Lipinski definition) is 2. The van der Waals surface area contributed by atoms with Crippen LogP contribution in [0, 0.1) is 0 Å². The van der Waals surface area contributed by atoms with Crippen LogP contribution in [0.5, 0.6) is 0 Å². The van der Waals surface area contributed by atoms with Crippen molar-refractivity contribution < 1.29 is 22.7 Å². The number of carbonyl (C=O) groups is 1. The summed E-state index contributed by atoms with van der Waals surface area (Å²) in [6.45, 7) is 4.35. The minimum atomic E-state index is -4.44. The number of halogens is 3. The third kappa shape index (κ3) is 4.67. The van der Waals surface area contributed by atoms with Gasteiger partial charge in [-0.2, -0.15) is 13.2 Å². The summed E-state index contributed by atoms with van der Waals surface area (Å²) >= 11 is 0. The van der Waals surface area contributed by atoms with Gasteiger partial charge in [-0.05, 0) is 18.4 Å². The van der Waals surface area contributed by atoms with Crippen LogP contribution in [0.25, 0.3) is 0 Å². The monoisotopic (exact) mass is 274 g/mol. The highest BCUT2D eigenvalue weighted by Crippen LogP contribution is 2.22. The van der Waals surface area contributed by atoms with Gasteiger partial charge < -0.3 is 4.74 Å². The summed E-state index contributed by atoms with van der Waals surface area (Å²) in [7, 11) is 0. The van der Waals surface area contributed by atoms with Crippen molar-refractivity contribution in [1.82, 2.24) is 0 Å². The Hall–Kier alpha value is -1.36. The van der Waals surface area contributed by atoms with E-state index in [1.807, 2.05) is 13.8 Å². The van der Waals surface area contributed by atoms with Crippen molar-refractivity contribution in [3.63, 3.8) is 0 Å². The zero-order valence-electron chi connectivity index (χ0n) is 11.1. The van der Waals surface area contributed by atoms with Gasteiger partial charge in [-0.1, -0.05) is 38.1 Å². The molecule has 5 heteroatoms. The smallest absolute Gasteiger partial charge is 0.361 e. The lowest BCUT2D eigenvalue weighted by molar-refractivity contribution is -0.210. The first-order valence-corrected chi connectivity index (χ1v) is 6.03. The molecule has 0 aliphatic carbocycles. The summed E-state index contributed by atoms with van der Waals surface area (Å²) in [5.74, 6) is -0.114. The van der Waals surface area contributed by atoms with Gasteiger partial charge in [0.1, 0.15) is 6.61 Å². The molecule has 106 valence electrons. The molecule has 1 atom stereocenters. The molecule has 19 heavy (non-hydrogen) atoms. The topological polar surface area (TPSA) is 26.3 Å². The summed E-state index contributed by atoms with van der Waals surface area (Å²) in [5.41, 5.74) is 1.43. The molecule has 0 saturated carbocycles. The van der Waals surface area contributed by atoms with E-state index in [0.717, 1.165) is 12.5 Å². The van der Waals surface area contributed by atoms with Gasteiger partial charge in [-0.15, -0.1) is 0 Å². The highest BCUT2D eigenvalue weighted by Gasteiger charge is 2.37. The molecule has 0 fully saturated rings. The van der Waals surface area contributed by atoms with Gasteiger partial charge in [0.15, 0.2) is 11.9 Å². The molecule has 1 aromatic rings. The summed E-state index contributed by atoms with van der Waals surface area (Å²) in [6, 6.07) is 6.81. The second-order valence-electron chi connectivity index (χ2n) is 4.69. The fourth-order valence-corrected chi connectivity index (χ4v) is 1.43. The van der Waals surface area contributed by atoms with Crippen molar-refractivity contribution >= 4 is 5.78 Å². The molecule has 0 aliphatic rings. The lowest BCUT2D eigenvalue weighted by Crippen LogP contribution is -2.30. The van der Waals surface area contributed by atoms with Crippen molar-refractivity contribution in [2.45, 2.75) is 39.0 Å². The van der Waals surface area contributed by atoms with E-state index in [0.29, 0.717) is 11.5 Å². The third-order valence-electron chi connectivity index (χ3n) is 2.82. The lowest BCUT2D eigenvalue weighted by Gasteiger charge is -2.15. The fourth-order valence-electron chi connectivity index (χ4n) is 1.43. The van der Waals surface area contributed by atoms with Gasteiger partial charge in [0.05, 0.1) is 0 Å². The van der Waals surface area contributed by atoms with E-state index in [-0.39, 0.29) is 0 Å². The number of carbonyl (C=O) groups excluding carboxylic acids is 1. The molecule has 0 N–H and O–H groups in total. The van der Waals surface area contributed by atoms with Crippen LogP contribution in [-0.2, 0) is 4.74 Å². The fraction of sp³-hybridized carbons (Fsp3) is 0.500. The molecule has 0 bridgehead atoms. The van der Waals surface area contributed by atoms with Crippen LogP contribution >= 0.6 is 0 Å². The Morgan fingerprint density at radius 3 is 2.11 bits per heavy atom. The quantitative estimate of drug-likeness (QED) is 0.760. The van der Waals surface area contributed by atoms with E-state index in [1.54, 1.807) is 24.3 Å². The molecular formula is C14H17F3O2. The number of Topliss-reactive ketones (excluding diaryl/α,β-unsaturated/α-hetero) is 1. The van der Waals surface area contributed by atoms with E-state index >= 15 is 0 Å². The normalized spacial score (nSPS) is 13.6. The number of alkyl halides is 3. The van der Waals surface area contributed by atoms with E-state index in [2.05, 4.69) is 4.74 Å². The van der Waals surface area contributed by atoms with Gasteiger partial charge in [0.2, 0.25) is 0 Å². The largest absolute Gasteiger partial charge is 0.414 e. The lowest BCUT2D eigenvalue weighted by atomic mass is 10.0. The average Bonchev–Trinajstić information content (AvgIpc) is 2.34. The molecule has 1 rings (SSSR count). The van der Waals surface area contributed by atoms with Crippen molar-refractivity contribution in [2.24, 2.45) is 0 Å². The van der Waals surface area contributed by atoms with E-state index in [9.17, 15) is 18.0 Å². The van der Waals surface area contributed by atoms with Crippen LogP contribution in [0.2, 0.25) is 0 Å². The zero-order valence-corrected chi connectivity index (χ0v) is 11.1. The first kappa shape index (κ1) is 15.7. The van der Waals surface area contributed by atoms with Crippen LogP contribution in [0.1, 0.15) is 42.6 Å². The predicted molar refractivity (Wildman–Crippen MR) is 66.3 cm³/mol. The zero-order chi connectivity index (χ0) is 14.6. The molecule has 0 saturated heterocycles. The van der Waals surface area contributed by atoms with Gasteiger partial charge >= 0.3 is 6.18 Å². The van der Waals surface area contributed by atoms with E-state index < -0.39 is 24.7 Å². The average molecular weight is 274 g/mol. The maximum absolute atomic E-state index is 12.2.